The van der Waals surface area contributed by atoms with Crippen LogP contribution in [0.2, 0.25) is 10.0 Å². The van der Waals surface area contributed by atoms with E-state index in [9.17, 15) is 18.0 Å². The van der Waals surface area contributed by atoms with Crippen molar-refractivity contribution in [2.45, 2.75) is 12.1 Å². The van der Waals surface area contributed by atoms with Crippen molar-refractivity contribution in [1.82, 2.24) is 4.90 Å². The number of allylic oxidation sites excluding steroid dienone is 1. The highest BCUT2D eigenvalue weighted by Gasteiger charge is 2.39. The molecule has 3 rings (SSSR count). The van der Waals surface area contributed by atoms with Crippen molar-refractivity contribution in [3.05, 3.63) is 75.3 Å². The van der Waals surface area contributed by atoms with E-state index in [1.165, 1.54) is 24.3 Å². The molecule has 0 N–H and O–H groups in total. The van der Waals surface area contributed by atoms with Crippen molar-refractivity contribution in [1.29, 1.82) is 0 Å². The van der Waals surface area contributed by atoms with E-state index in [4.69, 9.17) is 27.9 Å². The highest BCUT2D eigenvalue weighted by Crippen LogP contribution is 2.38. The number of hydrogen-bond acceptors (Lipinski definition) is 2. The lowest BCUT2D eigenvalue weighted by molar-refractivity contribution is -0.139. The van der Waals surface area contributed by atoms with E-state index in [1.54, 1.807) is 29.2 Å². The Morgan fingerprint density at radius 2 is 1.62 bits per heavy atom. The highest BCUT2D eigenvalue weighted by atomic mass is 35.5. The quantitative estimate of drug-likeness (QED) is 0.595. The zero-order chi connectivity index (χ0) is 21.0. The second kappa shape index (κ2) is 9.20. The molecule has 0 aliphatic carbocycles. The summed E-state index contributed by atoms with van der Waals surface area (Å²) < 4.78 is 45.9. The topological polar surface area (TPSA) is 29.5 Å². The van der Waals surface area contributed by atoms with Crippen LogP contribution in [0.5, 0.6) is 0 Å². The summed E-state index contributed by atoms with van der Waals surface area (Å²) in [5.41, 5.74) is 0.995. The fourth-order valence-electron chi connectivity index (χ4n) is 3.06. The highest BCUT2D eigenvalue weighted by molar-refractivity contribution is 6.34. The predicted molar refractivity (Wildman–Crippen MR) is 107 cm³/mol. The lowest BCUT2D eigenvalue weighted by atomic mass is 9.97. The number of benzene rings is 2. The van der Waals surface area contributed by atoms with E-state index in [1.807, 2.05) is 0 Å². The Kier molecular flexibility index (Phi) is 6.88. The average molecular weight is 444 g/mol. The molecule has 1 unspecified atom stereocenters. The van der Waals surface area contributed by atoms with E-state index in [-0.39, 0.29) is 21.5 Å². The summed E-state index contributed by atoms with van der Waals surface area (Å²) in [7, 11) is 0. The van der Waals surface area contributed by atoms with Gasteiger partial charge in [-0.05, 0) is 41.5 Å². The van der Waals surface area contributed by atoms with Crippen LogP contribution in [0.25, 0.3) is 6.08 Å². The summed E-state index contributed by atoms with van der Waals surface area (Å²) in [6, 6.07) is 10.3. The van der Waals surface area contributed by atoms with E-state index in [0.29, 0.717) is 37.4 Å². The van der Waals surface area contributed by atoms with Gasteiger partial charge in [-0.25, -0.2) is 0 Å². The first-order valence-electron chi connectivity index (χ1n) is 8.92. The predicted octanol–water partition coefficient (Wildman–Crippen LogP) is 5.83. The number of carbonyl (C=O) groups is 1. The van der Waals surface area contributed by atoms with Gasteiger partial charge in [-0.3, -0.25) is 4.79 Å². The van der Waals surface area contributed by atoms with Crippen LogP contribution in [0.3, 0.4) is 0 Å². The maximum absolute atomic E-state index is 13.5. The Balaban J connectivity index is 1.78. The van der Waals surface area contributed by atoms with Crippen molar-refractivity contribution in [2.24, 2.45) is 0 Å². The number of amides is 1. The molecule has 1 heterocycles. The Morgan fingerprint density at radius 3 is 2.17 bits per heavy atom. The lowest BCUT2D eigenvalue weighted by Crippen LogP contribution is -2.40. The van der Waals surface area contributed by atoms with Crippen molar-refractivity contribution in [2.75, 3.05) is 26.3 Å². The summed E-state index contributed by atoms with van der Waals surface area (Å²) in [4.78, 5) is 14.1. The maximum Gasteiger partial charge on any atom is 0.399 e. The van der Waals surface area contributed by atoms with Crippen LogP contribution in [-0.4, -0.2) is 43.3 Å². The summed E-state index contributed by atoms with van der Waals surface area (Å²) in [6.45, 7) is 2.05. The van der Waals surface area contributed by atoms with Crippen LogP contribution < -0.4 is 0 Å². The van der Waals surface area contributed by atoms with Gasteiger partial charge in [0.1, 0.15) is 0 Å². The van der Waals surface area contributed by atoms with Gasteiger partial charge in [-0.15, -0.1) is 0 Å². The van der Waals surface area contributed by atoms with Crippen LogP contribution in [0, 0.1) is 0 Å². The molecule has 1 amide bonds. The van der Waals surface area contributed by atoms with Gasteiger partial charge >= 0.3 is 6.18 Å². The number of alkyl halides is 3. The van der Waals surface area contributed by atoms with Gasteiger partial charge in [-0.2, -0.15) is 13.2 Å². The molecule has 1 fully saturated rings. The summed E-state index contributed by atoms with van der Waals surface area (Å²) in [5, 5.41) is 0.280. The minimum Gasteiger partial charge on any atom is -0.378 e. The van der Waals surface area contributed by atoms with E-state index in [2.05, 4.69) is 0 Å². The normalized spacial score (nSPS) is 16.2. The Hall–Kier alpha value is -2.02. The summed E-state index contributed by atoms with van der Waals surface area (Å²) >= 11 is 11.7. The van der Waals surface area contributed by atoms with E-state index in [0.717, 1.165) is 6.08 Å². The Morgan fingerprint density at radius 1 is 1.03 bits per heavy atom. The van der Waals surface area contributed by atoms with E-state index < -0.39 is 12.1 Å². The van der Waals surface area contributed by atoms with Crippen LogP contribution >= 0.6 is 23.2 Å². The van der Waals surface area contributed by atoms with Crippen molar-refractivity contribution in [3.8, 4) is 0 Å². The van der Waals surface area contributed by atoms with Gasteiger partial charge in [0.2, 0.25) is 0 Å². The molecule has 0 aromatic heterocycles. The first-order chi connectivity index (χ1) is 13.7. The largest absolute Gasteiger partial charge is 0.399 e. The molecule has 154 valence electrons. The smallest absolute Gasteiger partial charge is 0.378 e. The van der Waals surface area contributed by atoms with Gasteiger partial charge < -0.3 is 9.64 Å². The first kappa shape index (κ1) is 21.7. The molecule has 2 aromatic rings. The third kappa shape index (κ3) is 5.75. The number of nitrogens with zero attached hydrogens (tertiary/aromatic N) is 1. The number of hydrogen-bond donors (Lipinski definition) is 0. The maximum atomic E-state index is 13.5. The van der Waals surface area contributed by atoms with Gasteiger partial charge in [0.25, 0.3) is 5.91 Å². The second-order valence-electron chi connectivity index (χ2n) is 6.61. The van der Waals surface area contributed by atoms with Gasteiger partial charge in [0.15, 0.2) is 0 Å². The first-order valence-corrected chi connectivity index (χ1v) is 9.67. The molecule has 1 aliphatic rings. The van der Waals surface area contributed by atoms with Gasteiger partial charge in [-0.1, -0.05) is 47.5 Å². The Bertz CT molecular complexity index is 872. The van der Waals surface area contributed by atoms with Gasteiger partial charge in [0.05, 0.1) is 19.1 Å². The minimum atomic E-state index is -4.50. The number of ether oxygens (including phenoxy) is 1. The fraction of sp³-hybridized carbons (Fsp3) is 0.286. The second-order valence-corrected chi connectivity index (χ2v) is 7.48. The van der Waals surface area contributed by atoms with Crippen LogP contribution in [0.4, 0.5) is 13.2 Å². The SMILES string of the molecule is O=C(c1ccc(/C=C/C(c2cc(Cl)cc(Cl)c2)C(F)(F)F)cc1)N1CCOCC1. The summed E-state index contributed by atoms with van der Waals surface area (Å²) in [6.07, 6.45) is -2.08. The zero-order valence-corrected chi connectivity index (χ0v) is 16.8. The molecule has 1 aliphatic heterocycles. The minimum absolute atomic E-state index is 0.0367. The van der Waals surface area contributed by atoms with Crippen molar-refractivity contribution < 1.29 is 22.7 Å². The lowest BCUT2D eigenvalue weighted by Gasteiger charge is -2.26. The fourth-order valence-corrected chi connectivity index (χ4v) is 3.60. The third-order valence-corrected chi connectivity index (χ3v) is 4.97. The number of rotatable bonds is 4. The molecule has 0 radical (unpaired) electrons. The molecule has 3 nitrogen and oxygen atoms in total. The standard InChI is InChI=1S/C21H18Cl2F3NO2/c22-17-11-16(12-18(23)13-17)19(21(24,25)26)6-3-14-1-4-15(5-2-14)20(28)27-7-9-29-10-8-27/h1-6,11-13,19H,7-10H2/b6-3+. The average Bonchev–Trinajstić information content (AvgIpc) is 2.67. The molecule has 0 bridgehead atoms. The van der Waals surface area contributed by atoms with Gasteiger partial charge in [0, 0.05) is 28.7 Å². The molecule has 29 heavy (non-hydrogen) atoms. The monoisotopic (exact) mass is 443 g/mol. The number of morpholine rings is 1. The van der Waals surface area contributed by atoms with Crippen molar-refractivity contribution in [3.63, 3.8) is 0 Å². The van der Waals surface area contributed by atoms with Crippen LogP contribution in [0.15, 0.2) is 48.5 Å². The molecule has 1 saturated heterocycles. The zero-order valence-electron chi connectivity index (χ0n) is 15.3. The molecule has 2 aromatic carbocycles. The van der Waals surface area contributed by atoms with E-state index >= 15 is 0 Å². The van der Waals surface area contributed by atoms with Crippen LogP contribution in [-0.2, 0) is 4.74 Å². The summed E-state index contributed by atoms with van der Waals surface area (Å²) in [5.74, 6) is -1.97. The molecule has 0 saturated carbocycles. The number of carbonyl (C=O) groups excluding carboxylic acids is 1. The van der Waals surface area contributed by atoms with Crippen molar-refractivity contribution >= 4 is 35.2 Å². The molecule has 8 heteroatoms. The molecule has 1 atom stereocenters. The number of halogens is 5. The molecule has 0 spiro atoms. The third-order valence-electron chi connectivity index (χ3n) is 4.53. The Labute approximate surface area is 176 Å². The van der Waals surface area contributed by atoms with Crippen LogP contribution in [0.1, 0.15) is 27.4 Å². The molecular weight excluding hydrogens is 426 g/mol. The molecular formula is C21H18Cl2F3NO2.